The molecule has 1 aliphatic carbocycles. The first kappa shape index (κ1) is 12.7. The molecule has 1 aliphatic rings. The van der Waals surface area contributed by atoms with Crippen LogP contribution in [0, 0.1) is 6.92 Å². The van der Waals surface area contributed by atoms with Crippen LogP contribution in [0.25, 0.3) is 10.4 Å². The molecule has 0 aliphatic heterocycles. The molecule has 3 rings (SSSR count). The van der Waals surface area contributed by atoms with Crippen molar-refractivity contribution in [1.82, 2.24) is 5.32 Å². The predicted octanol–water partition coefficient (Wildman–Crippen LogP) is 3.98. The average Bonchev–Trinajstić information content (AvgIpc) is 3.17. The number of hydrogen-bond donors (Lipinski definition) is 1. The molecule has 1 aromatic heterocycles. The Bertz CT molecular complexity index is 572. The topological polar surface area (TPSA) is 21.3 Å². The number of aryl methyl sites for hydroxylation is 1. The molecule has 0 atom stereocenters. The van der Waals surface area contributed by atoms with Gasteiger partial charge in [0.2, 0.25) is 0 Å². The van der Waals surface area contributed by atoms with Gasteiger partial charge >= 0.3 is 0 Å². The molecule has 2 nitrogen and oxygen atoms in total. The summed E-state index contributed by atoms with van der Waals surface area (Å²) in [5.74, 6) is 0.936. The van der Waals surface area contributed by atoms with E-state index in [4.69, 9.17) is 4.74 Å². The Kier molecular flexibility index (Phi) is 3.58. The molecule has 1 aromatic carbocycles. The van der Waals surface area contributed by atoms with Gasteiger partial charge < -0.3 is 10.1 Å². The van der Waals surface area contributed by atoms with Crippen molar-refractivity contribution in [3.05, 3.63) is 40.8 Å². The van der Waals surface area contributed by atoms with Crippen molar-refractivity contribution >= 4 is 11.3 Å². The molecule has 0 radical (unpaired) electrons. The van der Waals surface area contributed by atoms with E-state index in [1.807, 2.05) is 11.3 Å². The number of thiophene rings is 1. The Morgan fingerprint density at radius 1 is 1.32 bits per heavy atom. The van der Waals surface area contributed by atoms with Crippen LogP contribution in [0.1, 0.15) is 24.0 Å². The highest BCUT2D eigenvalue weighted by molar-refractivity contribution is 7.13. The molecule has 1 N–H and O–H groups in total. The van der Waals surface area contributed by atoms with Crippen molar-refractivity contribution in [1.29, 1.82) is 0 Å². The van der Waals surface area contributed by atoms with E-state index in [0.29, 0.717) is 0 Å². The summed E-state index contributed by atoms with van der Waals surface area (Å²) in [5.41, 5.74) is 4.01. The van der Waals surface area contributed by atoms with Crippen LogP contribution in [0.15, 0.2) is 29.6 Å². The standard InChI is InChI=1S/C16H19NOS/c1-11-7-8-19-16(11)15-6-5-14(18-2)9-12(15)10-17-13-3-4-13/h5-9,13,17H,3-4,10H2,1-2H3. The minimum atomic E-state index is 0.725. The molecule has 3 heteroatoms. The Hall–Kier alpha value is -1.32. The van der Waals surface area contributed by atoms with Gasteiger partial charge in [0.25, 0.3) is 0 Å². The maximum Gasteiger partial charge on any atom is 0.119 e. The van der Waals surface area contributed by atoms with Gasteiger partial charge in [-0.15, -0.1) is 11.3 Å². The van der Waals surface area contributed by atoms with Gasteiger partial charge in [0.1, 0.15) is 5.75 Å². The van der Waals surface area contributed by atoms with Gasteiger partial charge in [-0.2, -0.15) is 0 Å². The quantitative estimate of drug-likeness (QED) is 0.889. The Labute approximate surface area is 118 Å². The largest absolute Gasteiger partial charge is 0.497 e. The van der Waals surface area contributed by atoms with Gasteiger partial charge in [-0.05, 0) is 66.1 Å². The first-order valence-electron chi connectivity index (χ1n) is 6.72. The van der Waals surface area contributed by atoms with Crippen LogP contribution in [-0.4, -0.2) is 13.2 Å². The Balaban J connectivity index is 1.94. The zero-order chi connectivity index (χ0) is 13.2. The third-order valence-electron chi connectivity index (χ3n) is 3.58. The summed E-state index contributed by atoms with van der Waals surface area (Å²) in [7, 11) is 1.73. The highest BCUT2D eigenvalue weighted by atomic mass is 32.1. The highest BCUT2D eigenvalue weighted by Gasteiger charge is 2.21. The average molecular weight is 273 g/mol. The van der Waals surface area contributed by atoms with Crippen molar-refractivity contribution in [2.24, 2.45) is 0 Å². The summed E-state index contributed by atoms with van der Waals surface area (Å²) in [5, 5.41) is 5.75. The van der Waals surface area contributed by atoms with E-state index >= 15 is 0 Å². The third kappa shape index (κ3) is 2.82. The van der Waals surface area contributed by atoms with Crippen molar-refractivity contribution in [2.45, 2.75) is 32.4 Å². The fourth-order valence-corrected chi connectivity index (χ4v) is 3.24. The van der Waals surface area contributed by atoms with Crippen LogP contribution in [0.3, 0.4) is 0 Å². The van der Waals surface area contributed by atoms with Crippen molar-refractivity contribution in [2.75, 3.05) is 7.11 Å². The highest BCUT2D eigenvalue weighted by Crippen LogP contribution is 2.34. The van der Waals surface area contributed by atoms with Crippen LogP contribution in [0.4, 0.5) is 0 Å². The molecule has 100 valence electrons. The first-order valence-corrected chi connectivity index (χ1v) is 7.60. The zero-order valence-electron chi connectivity index (χ0n) is 11.4. The molecule has 1 saturated carbocycles. The molecule has 0 spiro atoms. The second kappa shape index (κ2) is 5.35. The summed E-state index contributed by atoms with van der Waals surface area (Å²) < 4.78 is 5.36. The summed E-state index contributed by atoms with van der Waals surface area (Å²) in [6.45, 7) is 3.10. The molecule has 1 heterocycles. The second-order valence-corrected chi connectivity index (χ2v) is 6.03. The smallest absolute Gasteiger partial charge is 0.119 e. The van der Waals surface area contributed by atoms with E-state index in [1.165, 1.54) is 34.4 Å². The fourth-order valence-electron chi connectivity index (χ4n) is 2.26. The summed E-state index contributed by atoms with van der Waals surface area (Å²) >= 11 is 1.81. The lowest BCUT2D eigenvalue weighted by Gasteiger charge is -2.12. The van der Waals surface area contributed by atoms with Gasteiger partial charge in [0.15, 0.2) is 0 Å². The molecule has 19 heavy (non-hydrogen) atoms. The van der Waals surface area contributed by atoms with Crippen molar-refractivity contribution < 1.29 is 4.74 Å². The third-order valence-corrected chi connectivity index (χ3v) is 4.63. The first-order chi connectivity index (χ1) is 9.28. The number of nitrogens with one attached hydrogen (secondary N) is 1. The lowest BCUT2D eigenvalue weighted by atomic mass is 10.0. The minimum absolute atomic E-state index is 0.725. The van der Waals surface area contributed by atoms with Crippen molar-refractivity contribution in [3.63, 3.8) is 0 Å². The number of hydrogen-bond acceptors (Lipinski definition) is 3. The van der Waals surface area contributed by atoms with E-state index in [9.17, 15) is 0 Å². The van der Waals surface area contributed by atoms with Gasteiger partial charge in [-0.1, -0.05) is 0 Å². The van der Waals surface area contributed by atoms with E-state index < -0.39 is 0 Å². The number of methoxy groups -OCH3 is 1. The van der Waals surface area contributed by atoms with E-state index in [0.717, 1.165) is 18.3 Å². The molecule has 1 fully saturated rings. The van der Waals surface area contributed by atoms with Crippen molar-refractivity contribution in [3.8, 4) is 16.2 Å². The second-order valence-electron chi connectivity index (χ2n) is 5.11. The summed E-state index contributed by atoms with van der Waals surface area (Å²) in [6, 6.07) is 9.30. The minimum Gasteiger partial charge on any atom is -0.497 e. The van der Waals surface area contributed by atoms with E-state index in [-0.39, 0.29) is 0 Å². The maximum absolute atomic E-state index is 5.36. The number of ether oxygens (including phenoxy) is 1. The molecule has 0 amide bonds. The monoisotopic (exact) mass is 273 g/mol. The summed E-state index contributed by atoms with van der Waals surface area (Å²) in [6.07, 6.45) is 2.63. The van der Waals surface area contributed by atoms with Gasteiger partial charge in [-0.25, -0.2) is 0 Å². The molecule has 0 saturated heterocycles. The molecule has 2 aromatic rings. The molecular formula is C16H19NOS. The SMILES string of the molecule is COc1ccc(-c2sccc2C)c(CNC2CC2)c1. The van der Waals surface area contributed by atoms with Crippen LogP contribution in [0.5, 0.6) is 5.75 Å². The Morgan fingerprint density at radius 2 is 2.16 bits per heavy atom. The normalized spacial score (nSPS) is 14.6. The Morgan fingerprint density at radius 3 is 2.79 bits per heavy atom. The van der Waals surface area contributed by atoms with Crippen LogP contribution in [0.2, 0.25) is 0 Å². The molecule has 0 unspecified atom stereocenters. The number of rotatable bonds is 5. The van der Waals surface area contributed by atoms with E-state index in [2.05, 4.69) is 41.9 Å². The fraction of sp³-hybridized carbons (Fsp3) is 0.375. The number of benzene rings is 1. The molecule has 0 bridgehead atoms. The maximum atomic E-state index is 5.36. The van der Waals surface area contributed by atoms with Crippen LogP contribution < -0.4 is 10.1 Å². The van der Waals surface area contributed by atoms with E-state index in [1.54, 1.807) is 7.11 Å². The summed E-state index contributed by atoms with van der Waals surface area (Å²) in [4.78, 5) is 1.37. The predicted molar refractivity (Wildman–Crippen MR) is 80.9 cm³/mol. The molecular weight excluding hydrogens is 254 g/mol. The zero-order valence-corrected chi connectivity index (χ0v) is 12.2. The van der Waals surface area contributed by atoms with Gasteiger partial charge in [0.05, 0.1) is 7.11 Å². The van der Waals surface area contributed by atoms with Crippen LogP contribution in [-0.2, 0) is 6.54 Å². The van der Waals surface area contributed by atoms with Gasteiger partial charge in [0, 0.05) is 17.5 Å². The van der Waals surface area contributed by atoms with Gasteiger partial charge in [-0.3, -0.25) is 0 Å². The lowest BCUT2D eigenvalue weighted by Crippen LogP contribution is -2.15. The lowest BCUT2D eigenvalue weighted by molar-refractivity contribution is 0.414. The van der Waals surface area contributed by atoms with Crippen LogP contribution >= 0.6 is 11.3 Å².